The molecule has 0 aromatic heterocycles. The molecule has 38 heavy (non-hydrogen) atoms. The molecular formula is C29H30N4O5. The highest BCUT2D eigenvalue weighted by Crippen LogP contribution is 2.32. The second-order valence-electron chi connectivity index (χ2n) is 9.28. The highest BCUT2D eigenvalue weighted by molar-refractivity contribution is 5.98. The monoisotopic (exact) mass is 514 g/mol. The summed E-state index contributed by atoms with van der Waals surface area (Å²) in [5, 5.41) is 18.0. The molecule has 4 N–H and O–H groups in total. The molecule has 0 radical (unpaired) electrons. The first-order valence-corrected chi connectivity index (χ1v) is 12.3. The van der Waals surface area contributed by atoms with Crippen LogP contribution in [0.5, 0.6) is 0 Å². The van der Waals surface area contributed by atoms with E-state index >= 15 is 0 Å². The van der Waals surface area contributed by atoms with E-state index in [1.807, 2.05) is 36.4 Å². The number of carboxylic acids is 1. The standard InChI is InChI=1S/C29H30N4O5/c1-18(34)31-26(16-28(36)37)20-9-13-22(14-10-20)33(2)27(35)15-19-7-11-21(12-8-19)32-29(38)24-17-30-25-6-4-3-5-23(24)25/h3-14,24,26,30H,15-17H2,1-2H3,(H,31,34)(H,32,38)(H,36,37). The maximum atomic E-state index is 12.9. The Hall–Kier alpha value is -4.66. The number of nitrogens with zero attached hydrogens (tertiary/aromatic N) is 1. The van der Waals surface area contributed by atoms with Gasteiger partial charge in [0, 0.05) is 37.6 Å². The van der Waals surface area contributed by atoms with Crippen molar-refractivity contribution in [3.05, 3.63) is 89.5 Å². The number of nitrogens with one attached hydrogen (secondary N) is 3. The van der Waals surface area contributed by atoms with Crippen molar-refractivity contribution < 1.29 is 24.3 Å². The summed E-state index contributed by atoms with van der Waals surface area (Å²) in [6.07, 6.45) is -0.0745. The summed E-state index contributed by atoms with van der Waals surface area (Å²) in [7, 11) is 1.67. The van der Waals surface area contributed by atoms with Gasteiger partial charge in [-0.15, -0.1) is 0 Å². The van der Waals surface area contributed by atoms with Crippen molar-refractivity contribution in [3.8, 4) is 0 Å². The summed E-state index contributed by atoms with van der Waals surface area (Å²) in [6, 6.07) is 21.2. The topological polar surface area (TPSA) is 128 Å². The normalized spacial score (nSPS) is 14.5. The van der Waals surface area contributed by atoms with Crippen molar-refractivity contribution in [2.45, 2.75) is 31.7 Å². The fourth-order valence-electron chi connectivity index (χ4n) is 4.49. The number of carbonyl (C=O) groups excluding carboxylic acids is 3. The molecule has 0 aliphatic carbocycles. The van der Waals surface area contributed by atoms with Crippen LogP contribution in [0, 0.1) is 0 Å². The molecule has 0 saturated carbocycles. The lowest BCUT2D eigenvalue weighted by molar-refractivity contribution is -0.137. The molecule has 1 aliphatic rings. The molecule has 3 amide bonds. The smallest absolute Gasteiger partial charge is 0.305 e. The number of fused-ring (bicyclic) bond motifs is 1. The van der Waals surface area contributed by atoms with E-state index in [1.165, 1.54) is 11.8 Å². The molecule has 2 unspecified atom stereocenters. The summed E-state index contributed by atoms with van der Waals surface area (Å²) in [5.74, 6) is -1.82. The number of hydrogen-bond donors (Lipinski definition) is 4. The molecule has 1 heterocycles. The molecule has 2 atom stereocenters. The molecule has 1 aliphatic heterocycles. The van der Waals surface area contributed by atoms with Gasteiger partial charge in [-0.25, -0.2) is 0 Å². The summed E-state index contributed by atoms with van der Waals surface area (Å²) >= 11 is 0. The Labute approximate surface area is 220 Å². The zero-order valence-corrected chi connectivity index (χ0v) is 21.2. The molecule has 3 aromatic carbocycles. The Bertz CT molecular complexity index is 1320. The van der Waals surface area contributed by atoms with Crippen LogP contribution in [-0.4, -0.2) is 42.4 Å². The Kier molecular flexibility index (Phi) is 8.06. The van der Waals surface area contributed by atoms with Crippen LogP contribution in [0.3, 0.4) is 0 Å². The maximum Gasteiger partial charge on any atom is 0.305 e. The largest absolute Gasteiger partial charge is 0.481 e. The second kappa shape index (κ2) is 11.6. The van der Waals surface area contributed by atoms with E-state index in [0.29, 0.717) is 23.5 Å². The van der Waals surface area contributed by atoms with E-state index in [2.05, 4.69) is 16.0 Å². The lowest BCUT2D eigenvalue weighted by Crippen LogP contribution is -2.29. The maximum absolute atomic E-state index is 12.9. The van der Waals surface area contributed by atoms with Crippen molar-refractivity contribution in [1.82, 2.24) is 5.32 Å². The summed E-state index contributed by atoms with van der Waals surface area (Å²) in [6.45, 7) is 1.89. The van der Waals surface area contributed by atoms with Gasteiger partial charge in [-0.2, -0.15) is 0 Å². The van der Waals surface area contributed by atoms with Crippen LogP contribution in [-0.2, 0) is 25.6 Å². The van der Waals surface area contributed by atoms with Gasteiger partial charge >= 0.3 is 5.97 Å². The van der Waals surface area contributed by atoms with E-state index in [4.69, 9.17) is 5.11 Å². The molecule has 4 rings (SSSR count). The lowest BCUT2D eigenvalue weighted by Gasteiger charge is -2.20. The summed E-state index contributed by atoms with van der Waals surface area (Å²) < 4.78 is 0. The molecule has 9 heteroatoms. The van der Waals surface area contributed by atoms with Gasteiger partial charge < -0.3 is 26.0 Å². The number of hydrogen-bond acceptors (Lipinski definition) is 5. The predicted molar refractivity (Wildman–Crippen MR) is 145 cm³/mol. The van der Waals surface area contributed by atoms with Crippen LogP contribution >= 0.6 is 0 Å². The third kappa shape index (κ3) is 6.36. The van der Waals surface area contributed by atoms with Gasteiger partial charge in [-0.05, 0) is 47.0 Å². The van der Waals surface area contributed by atoms with Crippen molar-refractivity contribution in [2.24, 2.45) is 0 Å². The Morgan fingerprint density at radius 2 is 1.68 bits per heavy atom. The van der Waals surface area contributed by atoms with Gasteiger partial charge in [0.1, 0.15) is 0 Å². The SMILES string of the molecule is CC(=O)NC(CC(=O)O)c1ccc(N(C)C(=O)Cc2ccc(NC(=O)C3CNc4ccccc43)cc2)cc1. The Balaban J connectivity index is 1.34. The number of benzene rings is 3. The first-order valence-electron chi connectivity index (χ1n) is 12.3. The third-order valence-corrected chi connectivity index (χ3v) is 6.54. The van der Waals surface area contributed by atoms with Crippen LogP contribution in [0.25, 0.3) is 0 Å². The van der Waals surface area contributed by atoms with Gasteiger partial charge in [0.2, 0.25) is 17.7 Å². The zero-order valence-electron chi connectivity index (χ0n) is 21.2. The number of amides is 3. The van der Waals surface area contributed by atoms with Crippen molar-refractivity contribution in [3.63, 3.8) is 0 Å². The molecule has 0 fully saturated rings. The fourth-order valence-corrected chi connectivity index (χ4v) is 4.49. The molecule has 196 valence electrons. The number of carbonyl (C=O) groups is 4. The average Bonchev–Trinajstić information content (AvgIpc) is 3.33. The number of carboxylic acid groups (broad SMARTS) is 1. The van der Waals surface area contributed by atoms with Gasteiger partial charge in [0.05, 0.1) is 24.8 Å². The first-order chi connectivity index (χ1) is 18.2. The number of anilines is 3. The van der Waals surface area contributed by atoms with Crippen molar-refractivity contribution in [1.29, 1.82) is 0 Å². The number of aliphatic carboxylic acids is 1. The fraction of sp³-hybridized carbons (Fsp3) is 0.241. The first kappa shape index (κ1) is 26.4. The summed E-state index contributed by atoms with van der Waals surface area (Å²) in [4.78, 5) is 49.8. The Morgan fingerprint density at radius 3 is 2.34 bits per heavy atom. The average molecular weight is 515 g/mol. The minimum atomic E-state index is -1.02. The second-order valence-corrected chi connectivity index (χ2v) is 9.28. The highest BCUT2D eigenvalue weighted by Gasteiger charge is 2.28. The molecule has 0 spiro atoms. The molecular weight excluding hydrogens is 484 g/mol. The van der Waals surface area contributed by atoms with E-state index in [9.17, 15) is 19.2 Å². The van der Waals surface area contributed by atoms with E-state index in [0.717, 1.165) is 16.8 Å². The zero-order chi connectivity index (χ0) is 27.2. The van der Waals surface area contributed by atoms with Crippen molar-refractivity contribution in [2.75, 3.05) is 29.1 Å². The Morgan fingerprint density at radius 1 is 1.00 bits per heavy atom. The van der Waals surface area contributed by atoms with Gasteiger partial charge in [0.15, 0.2) is 0 Å². The van der Waals surface area contributed by atoms with E-state index in [-0.39, 0.29) is 36.5 Å². The van der Waals surface area contributed by atoms with Gasteiger partial charge in [-0.1, -0.05) is 42.5 Å². The van der Waals surface area contributed by atoms with Crippen molar-refractivity contribution >= 4 is 40.8 Å². The summed E-state index contributed by atoms with van der Waals surface area (Å²) in [5.41, 5.74) is 4.71. The van der Waals surface area contributed by atoms with Crippen LogP contribution in [0.1, 0.15) is 42.0 Å². The van der Waals surface area contributed by atoms with Gasteiger partial charge in [-0.3, -0.25) is 19.2 Å². The minimum absolute atomic E-state index is 0.0847. The number of rotatable bonds is 9. The van der Waals surface area contributed by atoms with E-state index < -0.39 is 12.0 Å². The molecule has 0 saturated heterocycles. The van der Waals surface area contributed by atoms with E-state index in [1.54, 1.807) is 43.4 Å². The van der Waals surface area contributed by atoms with Crippen LogP contribution in [0.4, 0.5) is 17.1 Å². The predicted octanol–water partition coefficient (Wildman–Crippen LogP) is 3.69. The van der Waals surface area contributed by atoms with Crippen LogP contribution in [0.15, 0.2) is 72.8 Å². The number of para-hydroxylation sites is 1. The van der Waals surface area contributed by atoms with Crippen LogP contribution < -0.4 is 20.9 Å². The van der Waals surface area contributed by atoms with Gasteiger partial charge in [0.25, 0.3) is 0 Å². The quantitative estimate of drug-likeness (QED) is 0.345. The number of likely N-dealkylation sites (N-methyl/N-ethyl adjacent to an activating group) is 1. The highest BCUT2D eigenvalue weighted by atomic mass is 16.4. The minimum Gasteiger partial charge on any atom is -0.481 e. The molecule has 3 aromatic rings. The van der Waals surface area contributed by atoms with Crippen LogP contribution in [0.2, 0.25) is 0 Å². The lowest BCUT2D eigenvalue weighted by atomic mass is 10.0. The molecule has 9 nitrogen and oxygen atoms in total. The molecule has 0 bridgehead atoms. The third-order valence-electron chi connectivity index (χ3n) is 6.54.